The second-order valence-corrected chi connectivity index (χ2v) is 8.73. The Morgan fingerprint density at radius 2 is 1.86 bits per heavy atom. The number of aromatic amines is 1. The second kappa shape index (κ2) is 7.29. The van der Waals surface area contributed by atoms with E-state index in [9.17, 15) is 13.2 Å². The monoisotopic (exact) mass is 411 g/mol. The van der Waals surface area contributed by atoms with Gasteiger partial charge in [0, 0.05) is 23.5 Å². The second-order valence-electron chi connectivity index (χ2n) is 6.98. The Balaban J connectivity index is 1.86. The van der Waals surface area contributed by atoms with Crippen LogP contribution in [0.1, 0.15) is 21.6 Å². The van der Waals surface area contributed by atoms with Crippen molar-refractivity contribution >= 4 is 21.6 Å². The first-order valence-corrected chi connectivity index (χ1v) is 11.1. The molecule has 0 saturated heterocycles. The SMILES string of the molecule is Cc1[nH]c(-c2cc(NS(C)(=O)=O)ccc2Oc2ccccc2)c2c1C(=O)NCC2. The van der Waals surface area contributed by atoms with E-state index in [0.29, 0.717) is 41.3 Å². The van der Waals surface area contributed by atoms with E-state index in [2.05, 4.69) is 15.0 Å². The van der Waals surface area contributed by atoms with Gasteiger partial charge in [-0.15, -0.1) is 0 Å². The highest BCUT2D eigenvalue weighted by Gasteiger charge is 2.26. The zero-order chi connectivity index (χ0) is 20.6. The lowest BCUT2D eigenvalue weighted by atomic mass is 9.97. The average molecular weight is 411 g/mol. The van der Waals surface area contributed by atoms with Crippen LogP contribution in [-0.2, 0) is 16.4 Å². The van der Waals surface area contributed by atoms with Crippen LogP contribution in [0.25, 0.3) is 11.3 Å². The highest BCUT2D eigenvalue weighted by molar-refractivity contribution is 7.92. The number of hydrogen-bond donors (Lipinski definition) is 3. The number of hydrogen-bond acceptors (Lipinski definition) is 4. The van der Waals surface area contributed by atoms with Crippen molar-refractivity contribution in [2.24, 2.45) is 0 Å². The maximum absolute atomic E-state index is 12.3. The smallest absolute Gasteiger partial charge is 0.253 e. The quantitative estimate of drug-likeness (QED) is 0.599. The summed E-state index contributed by atoms with van der Waals surface area (Å²) in [5.74, 6) is 1.11. The summed E-state index contributed by atoms with van der Waals surface area (Å²) in [4.78, 5) is 15.6. The molecule has 3 aromatic rings. The van der Waals surface area contributed by atoms with Crippen molar-refractivity contribution < 1.29 is 17.9 Å². The van der Waals surface area contributed by atoms with Gasteiger partial charge in [-0.05, 0) is 49.2 Å². The Morgan fingerprint density at radius 1 is 1.10 bits per heavy atom. The zero-order valence-electron chi connectivity index (χ0n) is 16.1. The van der Waals surface area contributed by atoms with Crippen LogP contribution in [-0.4, -0.2) is 32.1 Å². The number of sulfonamides is 1. The van der Waals surface area contributed by atoms with Crippen molar-refractivity contribution in [2.75, 3.05) is 17.5 Å². The molecule has 0 fully saturated rings. The molecule has 0 atom stereocenters. The van der Waals surface area contributed by atoms with E-state index in [1.54, 1.807) is 18.2 Å². The molecule has 1 aromatic heterocycles. The van der Waals surface area contributed by atoms with Gasteiger partial charge in [0.1, 0.15) is 11.5 Å². The van der Waals surface area contributed by atoms with Crippen molar-refractivity contribution in [3.8, 4) is 22.8 Å². The summed E-state index contributed by atoms with van der Waals surface area (Å²) < 4.78 is 32.0. The van der Waals surface area contributed by atoms with Gasteiger partial charge in [-0.1, -0.05) is 18.2 Å². The summed E-state index contributed by atoms with van der Waals surface area (Å²) in [6.45, 7) is 2.40. The van der Waals surface area contributed by atoms with Crippen LogP contribution >= 0.6 is 0 Å². The number of fused-ring (bicyclic) bond motifs is 1. The fraction of sp³-hybridized carbons (Fsp3) is 0.190. The largest absolute Gasteiger partial charge is 0.457 e. The predicted octanol–water partition coefficient (Wildman–Crippen LogP) is 3.44. The Morgan fingerprint density at radius 3 is 2.59 bits per heavy atom. The van der Waals surface area contributed by atoms with Crippen LogP contribution in [0.15, 0.2) is 48.5 Å². The fourth-order valence-corrected chi connectivity index (χ4v) is 4.12. The number of rotatable bonds is 5. The molecule has 0 spiro atoms. The molecular weight excluding hydrogens is 390 g/mol. The molecule has 0 aliphatic carbocycles. The lowest BCUT2D eigenvalue weighted by Gasteiger charge is -2.17. The molecule has 1 aliphatic heterocycles. The molecule has 3 N–H and O–H groups in total. The van der Waals surface area contributed by atoms with Crippen molar-refractivity contribution in [1.82, 2.24) is 10.3 Å². The van der Waals surface area contributed by atoms with E-state index in [1.165, 1.54) is 0 Å². The Hall–Kier alpha value is -3.26. The number of carbonyl (C=O) groups excluding carboxylic acids is 1. The number of amides is 1. The van der Waals surface area contributed by atoms with Gasteiger partial charge >= 0.3 is 0 Å². The van der Waals surface area contributed by atoms with Crippen LogP contribution in [0, 0.1) is 6.92 Å². The lowest BCUT2D eigenvalue weighted by Crippen LogP contribution is -2.31. The van der Waals surface area contributed by atoms with E-state index in [1.807, 2.05) is 37.3 Å². The van der Waals surface area contributed by atoms with Gasteiger partial charge in [0.2, 0.25) is 10.0 Å². The normalized spacial score (nSPS) is 13.5. The van der Waals surface area contributed by atoms with Gasteiger partial charge in [-0.25, -0.2) is 8.42 Å². The molecule has 1 amide bonds. The highest BCUT2D eigenvalue weighted by Crippen LogP contribution is 2.39. The molecule has 150 valence electrons. The number of anilines is 1. The van der Waals surface area contributed by atoms with E-state index in [4.69, 9.17) is 4.74 Å². The number of ether oxygens (including phenoxy) is 1. The van der Waals surface area contributed by atoms with Crippen LogP contribution in [0.5, 0.6) is 11.5 Å². The maximum atomic E-state index is 12.3. The zero-order valence-corrected chi connectivity index (χ0v) is 16.9. The minimum Gasteiger partial charge on any atom is -0.457 e. The van der Waals surface area contributed by atoms with E-state index in [0.717, 1.165) is 23.2 Å². The fourth-order valence-electron chi connectivity index (χ4n) is 3.56. The van der Waals surface area contributed by atoms with Crippen molar-refractivity contribution in [3.63, 3.8) is 0 Å². The van der Waals surface area contributed by atoms with Gasteiger partial charge < -0.3 is 15.0 Å². The molecular formula is C21H21N3O4S. The molecule has 29 heavy (non-hydrogen) atoms. The Kier molecular flexibility index (Phi) is 4.79. The third-order valence-electron chi connectivity index (χ3n) is 4.70. The first-order valence-electron chi connectivity index (χ1n) is 9.16. The molecule has 7 nitrogen and oxygen atoms in total. The number of para-hydroxylation sites is 1. The standard InChI is InChI=1S/C21H21N3O4S/c1-13-19-16(10-11-22-21(19)25)20(23-13)17-12-14(24-29(2,26)27)8-9-18(17)28-15-6-4-3-5-7-15/h3-9,12,23-24H,10-11H2,1-2H3,(H,22,25). The van der Waals surface area contributed by atoms with E-state index in [-0.39, 0.29) is 5.91 Å². The summed E-state index contributed by atoms with van der Waals surface area (Å²) >= 11 is 0. The summed E-state index contributed by atoms with van der Waals surface area (Å²) in [6.07, 6.45) is 1.78. The summed E-state index contributed by atoms with van der Waals surface area (Å²) in [7, 11) is -3.43. The predicted molar refractivity (Wildman–Crippen MR) is 112 cm³/mol. The summed E-state index contributed by atoms with van der Waals surface area (Å²) in [6, 6.07) is 14.4. The number of H-pyrrole nitrogens is 1. The number of carbonyl (C=O) groups is 1. The molecule has 1 aliphatic rings. The molecule has 8 heteroatoms. The molecule has 0 unspecified atom stereocenters. The molecule has 2 heterocycles. The van der Waals surface area contributed by atoms with Gasteiger partial charge in [-0.3, -0.25) is 9.52 Å². The number of aromatic nitrogens is 1. The molecule has 0 bridgehead atoms. The van der Waals surface area contributed by atoms with E-state index < -0.39 is 10.0 Å². The van der Waals surface area contributed by atoms with Gasteiger partial charge in [0.25, 0.3) is 5.91 Å². The summed E-state index contributed by atoms with van der Waals surface area (Å²) in [5, 5.41) is 2.86. The Bertz CT molecular complexity index is 1180. The van der Waals surface area contributed by atoms with Crippen LogP contribution in [0.3, 0.4) is 0 Å². The van der Waals surface area contributed by atoms with Crippen LogP contribution in [0.2, 0.25) is 0 Å². The van der Waals surface area contributed by atoms with Crippen molar-refractivity contribution in [2.45, 2.75) is 13.3 Å². The summed E-state index contributed by atoms with van der Waals surface area (Å²) in [5.41, 5.74) is 4.17. The molecule has 4 rings (SSSR count). The topological polar surface area (TPSA) is 100 Å². The molecule has 2 aromatic carbocycles. The third-order valence-corrected chi connectivity index (χ3v) is 5.31. The highest BCUT2D eigenvalue weighted by atomic mass is 32.2. The van der Waals surface area contributed by atoms with Gasteiger partial charge in [-0.2, -0.15) is 0 Å². The maximum Gasteiger partial charge on any atom is 0.253 e. The molecule has 0 saturated carbocycles. The number of aryl methyl sites for hydroxylation is 1. The minimum absolute atomic E-state index is 0.109. The van der Waals surface area contributed by atoms with E-state index >= 15 is 0 Å². The first-order chi connectivity index (χ1) is 13.8. The van der Waals surface area contributed by atoms with Crippen LogP contribution < -0.4 is 14.8 Å². The first kappa shape index (κ1) is 19.1. The average Bonchev–Trinajstić information content (AvgIpc) is 3.00. The Labute approximate surface area is 169 Å². The number of benzene rings is 2. The van der Waals surface area contributed by atoms with Crippen LogP contribution in [0.4, 0.5) is 5.69 Å². The van der Waals surface area contributed by atoms with Gasteiger partial charge in [0.05, 0.1) is 17.5 Å². The van der Waals surface area contributed by atoms with Gasteiger partial charge in [0.15, 0.2) is 0 Å². The van der Waals surface area contributed by atoms with Crippen molar-refractivity contribution in [3.05, 3.63) is 65.4 Å². The lowest BCUT2D eigenvalue weighted by molar-refractivity contribution is 0.0946. The molecule has 0 radical (unpaired) electrons. The third kappa shape index (κ3) is 3.97. The number of nitrogens with one attached hydrogen (secondary N) is 3. The minimum atomic E-state index is -3.43. The van der Waals surface area contributed by atoms with Crippen molar-refractivity contribution in [1.29, 1.82) is 0 Å².